The van der Waals surface area contributed by atoms with E-state index in [0.717, 1.165) is 5.56 Å². The summed E-state index contributed by atoms with van der Waals surface area (Å²) in [5.74, 6) is -0.0858. The van der Waals surface area contributed by atoms with Gasteiger partial charge in [-0.25, -0.2) is 10.2 Å². The van der Waals surface area contributed by atoms with Gasteiger partial charge in [-0.3, -0.25) is 4.79 Å². The SMILES string of the molecule is CC(C)(C)OC(=O)NCC(=O)N/N=C/c1cc(OCc2ccccc2)ccc1B(O)O. The molecule has 2 aromatic carbocycles. The van der Waals surface area contributed by atoms with Gasteiger partial charge in [0.25, 0.3) is 5.91 Å². The minimum absolute atomic E-state index is 0.192. The Morgan fingerprint density at radius 1 is 1.13 bits per heavy atom. The van der Waals surface area contributed by atoms with Crippen molar-refractivity contribution >= 4 is 30.8 Å². The van der Waals surface area contributed by atoms with Crippen LogP contribution in [0.25, 0.3) is 0 Å². The highest BCUT2D eigenvalue weighted by molar-refractivity contribution is 6.60. The zero-order valence-corrected chi connectivity index (χ0v) is 17.7. The number of amides is 2. The van der Waals surface area contributed by atoms with Crippen molar-refractivity contribution in [1.29, 1.82) is 0 Å². The molecule has 0 atom stereocenters. The summed E-state index contributed by atoms with van der Waals surface area (Å²) in [6, 6.07) is 14.3. The maximum atomic E-state index is 11.8. The lowest BCUT2D eigenvalue weighted by molar-refractivity contribution is -0.120. The second kappa shape index (κ2) is 11.1. The molecule has 0 aliphatic heterocycles. The van der Waals surface area contributed by atoms with Crippen molar-refractivity contribution in [2.75, 3.05) is 6.54 Å². The third-order valence-corrected chi connectivity index (χ3v) is 3.77. The molecule has 0 bridgehead atoms. The van der Waals surface area contributed by atoms with Gasteiger partial charge in [-0.15, -0.1) is 0 Å². The van der Waals surface area contributed by atoms with Crippen LogP contribution in [0.4, 0.5) is 4.79 Å². The number of nitrogens with one attached hydrogen (secondary N) is 2. The number of nitrogens with zero attached hydrogens (tertiary/aromatic N) is 1. The number of carbonyl (C=O) groups excluding carboxylic acids is 2. The Balaban J connectivity index is 1.95. The van der Waals surface area contributed by atoms with Crippen LogP contribution in [-0.4, -0.2) is 47.5 Å². The first-order valence-electron chi connectivity index (χ1n) is 9.59. The molecule has 31 heavy (non-hydrogen) atoms. The summed E-state index contributed by atoms with van der Waals surface area (Å²) in [5, 5.41) is 25.2. The standard InChI is InChI=1S/C21H26BN3O6/c1-21(2,3)31-20(27)23-13-19(26)25-24-12-16-11-17(9-10-18(16)22(28)29)30-14-15-7-5-4-6-8-15/h4-12,28-29H,13-14H2,1-3H3,(H,23,27)(H,25,26)/b24-12+. The fourth-order valence-corrected chi connectivity index (χ4v) is 2.41. The van der Waals surface area contributed by atoms with Crippen LogP contribution in [0, 0.1) is 0 Å². The van der Waals surface area contributed by atoms with Crippen LogP contribution in [0.15, 0.2) is 53.6 Å². The number of rotatable bonds is 8. The van der Waals surface area contributed by atoms with E-state index in [1.165, 1.54) is 12.3 Å². The summed E-state index contributed by atoms with van der Waals surface area (Å²) in [5.41, 5.74) is 3.10. The number of benzene rings is 2. The number of hydrogen-bond acceptors (Lipinski definition) is 7. The average molecular weight is 427 g/mol. The second-order valence-electron chi connectivity index (χ2n) is 7.59. The second-order valence-corrected chi connectivity index (χ2v) is 7.59. The van der Waals surface area contributed by atoms with E-state index in [4.69, 9.17) is 9.47 Å². The first kappa shape index (κ1) is 23.9. The molecule has 2 amide bonds. The van der Waals surface area contributed by atoms with Crippen molar-refractivity contribution in [3.05, 3.63) is 59.7 Å². The monoisotopic (exact) mass is 427 g/mol. The molecule has 4 N–H and O–H groups in total. The summed E-state index contributed by atoms with van der Waals surface area (Å²) in [6.45, 7) is 5.14. The zero-order valence-electron chi connectivity index (χ0n) is 17.7. The van der Waals surface area contributed by atoms with Crippen molar-refractivity contribution in [2.24, 2.45) is 5.10 Å². The molecule has 9 nitrogen and oxygen atoms in total. The minimum atomic E-state index is -1.73. The number of alkyl carbamates (subject to hydrolysis) is 1. The van der Waals surface area contributed by atoms with Crippen LogP contribution in [0.3, 0.4) is 0 Å². The Morgan fingerprint density at radius 2 is 1.84 bits per heavy atom. The third-order valence-electron chi connectivity index (χ3n) is 3.77. The van der Waals surface area contributed by atoms with Gasteiger partial charge in [-0.1, -0.05) is 36.4 Å². The molecule has 2 rings (SSSR count). The molecule has 0 fully saturated rings. The number of hydrazone groups is 1. The van der Waals surface area contributed by atoms with E-state index in [0.29, 0.717) is 17.9 Å². The molecular formula is C21H26BN3O6. The normalized spacial score (nSPS) is 11.1. The number of hydrogen-bond donors (Lipinski definition) is 4. The maximum Gasteiger partial charge on any atom is 0.489 e. The first-order valence-corrected chi connectivity index (χ1v) is 9.59. The van der Waals surface area contributed by atoms with Crippen molar-refractivity contribution in [2.45, 2.75) is 33.0 Å². The molecule has 0 spiro atoms. The van der Waals surface area contributed by atoms with Crippen molar-refractivity contribution < 1.29 is 29.1 Å². The number of carbonyl (C=O) groups is 2. The van der Waals surface area contributed by atoms with Crippen molar-refractivity contribution in [1.82, 2.24) is 10.7 Å². The van der Waals surface area contributed by atoms with Gasteiger partial charge in [0, 0.05) is 0 Å². The Bertz CT molecular complexity index is 913. The van der Waals surface area contributed by atoms with Crippen LogP contribution in [-0.2, 0) is 16.1 Å². The third kappa shape index (κ3) is 8.89. The van der Waals surface area contributed by atoms with Crippen LogP contribution in [0.2, 0.25) is 0 Å². The van der Waals surface area contributed by atoms with Gasteiger partial charge in [0.2, 0.25) is 0 Å². The fraction of sp³-hybridized carbons (Fsp3) is 0.286. The summed E-state index contributed by atoms with van der Waals surface area (Å²) in [7, 11) is -1.73. The first-order chi connectivity index (χ1) is 14.6. The number of ether oxygens (including phenoxy) is 2. The van der Waals surface area contributed by atoms with Crippen molar-refractivity contribution in [3.63, 3.8) is 0 Å². The summed E-state index contributed by atoms with van der Waals surface area (Å²) >= 11 is 0. The van der Waals surface area contributed by atoms with Gasteiger partial charge in [-0.05, 0) is 49.5 Å². The molecule has 0 aliphatic rings. The molecule has 164 valence electrons. The molecule has 0 radical (unpaired) electrons. The van der Waals surface area contributed by atoms with Gasteiger partial charge >= 0.3 is 13.2 Å². The molecule has 0 unspecified atom stereocenters. The topological polar surface area (TPSA) is 129 Å². The Hall–Kier alpha value is -3.37. The molecule has 0 heterocycles. The van der Waals surface area contributed by atoms with Gasteiger partial charge in [0.05, 0.1) is 6.21 Å². The minimum Gasteiger partial charge on any atom is -0.489 e. The Labute approximate surface area is 181 Å². The van der Waals surface area contributed by atoms with Gasteiger partial charge in [0.1, 0.15) is 24.5 Å². The highest BCUT2D eigenvalue weighted by Crippen LogP contribution is 2.14. The van der Waals surface area contributed by atoms with Crippen LogP contribution >= 0.6 is 0 Å². The molecule has 0 aromatic heterocycles. The lowest BCUT2D eigenvalue weighted by Crippen LogP contribution is -2.38. The molecule has 0 aliphatic carbocycles. The van der Waals surface area contributed by atoms with E-state index in [1.807, 2.05) is 30.3 Å². The van der Waals surface area contributed by atoms with E-state index >= 15 is 0 Å². The molecular weight excluding hydrogens is 401 g/mol. The highest BCUT2D eigenvalue weighted by Gasteiger charge is 2.17. The van der Waals surface area contributed by atoms with E-state index < -0.39 is 24.7 Å². The largest absolute Gasteiger partial charge is 0.489 e. The van der Waals surface area contributed by atoms with Gasteiger partial charge in [0.15, 0.2) is 0 Å². The molecule has 2 aromatic rings. The van der Waals surface area contributed by atoms with E-state index in [-0.39, 0.29) is 12.0 Å². The lowest BCUT2D eigenvalue weighted by Gasteiger charge is -2.19. The Morgan fingerprint density at radius 3 is 2.48 bits per heavy atom. The van der Waals surface area contributed by atoms with E-state index in [1.54, 1.807) is 32.9 Å². The summed E-state index contributed by atoms with van der Waals surface area (Å²) < 4.78 is 10.8. The van der Waals surface area contributed by atoms with Crippen LogP contribution < -0.4 is 20.9 Å². The van der Waals surface area contributed by atoms with Gasteiger partial charge in [-0.2, -0.15) is 5.10 Å². The quantitative estimate of drug-likeness (QED) is 0.282. The average Bonchev–Trinajstić information content (AvgIpc) is 2.70. The Kier molecular flexibility index (Phi) is 8.59. The van der Waals surface area contributed by atoms with Gasteiger partial charge < -0.3 is 24.8 Å². The smallest absolute Gasteiger partial charge is 0.489 e. The molecule has 0 saturated carbocycles. The maximum absolute atomic E-state index is 11.8. The predicted octanol–water partition coefficient (Wildman–Crippen LogP) is 0.920. The van der Waals surface area contributed by atoms with Crippen LogP contribution in [0.1, 0.15) is 31.9 Å². The van der Waals surface area contributed by atoms with E-state index in [9.17, 15) is 19.6 Å². The highest BCUT2D eigenvalue weighted by atomic mass is 16.6. The fourth-order valence-electron chi connectivity index (χ4n) is 2.41. The summed E-state index contributed by atoms with van der Waals surface area (Å²) in [6.07, 6.45) is 0.538. The molecule has 10 heteroatoms. The van der Waals surface area contributed by atoms with E-state index in [2.05, 4.69) is 15.8 Å². The van der Waals surface area contributed by atoms with Crippen molar-refractivity contribution in [3.8, 4) is 5.75 Å². The van der Waals surface area contributed by atoms with Crippen LogP contribution in [0.5, 0.6) is 5.75 Å². The predicted molar refractivity (Wildman–Crippen MR) is 117 cm³/mol. The zero-order chi connectivity index (χ0) is 22.9. The summed E-state index contributed by atoms with van der Waals surface area (Å²) in [4.78, 5) is 23.4. The lowest BCUT2D eigenvalue weighted by atomic mass is 9.77. The molecule has 0 saturated heterocycles.